The molecule has 0 unspecified atom stereocenters. The molecule has 6 heteroatoms. The lowest BCUT2D eigenvalue weighted by Crippen LogP contribution is -2.32. The van der Waals surface area contributed by atoms with Crippen LogP contribution in [0.1, 0.15) is 29.5 Å². The van der Waals surface area contributed by atoms with E-state index in [0.29, 0.717) is 12.1 Å². The van der Waals surface area contributed by atoms with Gasteiger partial charge in [0.2, 0.25) is 0 Å². The zero-order valence-electron chi connectivity index (χ0n) is 13.0. The van der Waals surface area contributed by atoms with E-state index in [4.69, 9.17) is 9.47 Å². The summed E-state index contributed by atoms with van der Waals surface area (Å²) in [5, 5.41) is 3.31. The molecule has 3 rings (SSSR count). The number of benzene rings is 1. The summed E-state index contributed by atoms with van der Waals surface area (Å²) in [4.78, 5) is 16.4. The van der Waals surface area contributed by atoms with Crippen LogP contribution in [-0.4, -0.2) is 41.9 Å². The highest BCUT2D eigenvalue weighted by Gasteiger charge is 2.22. The van der Waals surface area contributed by atoms with Crippen molar-refractivity contribution in [2.24, 2.45) is 0 Å². The van der Waals surface area contributed by atoms with E-state index in [-0.39, 0.29) is 12.1 Å². The highest BCUT2D eigenvalue weighted by atomic mass is 16.5. The van der Waals surface area contributed by atoms with Gasteiger partial charge in [-0.1, -0.05) is 6.92 Å². The Hall–Kier alpha value is -1.92. The van der Waals surface area contributed by atoms with E-state index in [2.05, 4.69) is 21.8 Å². The molecule has 22 heavy (non-hydrogen) atoms. The first-order valence-corrected chi connectivity index (χ1v) is 7.62. The van der Waals surface area contributed by atoms with Crippen molar-refractivity contribution in [1.29, 1.82) is 0 Å². The van der Waals surface area contributed by atoms with Gasteiger partial charge >= 0.3 is 5.97 Å². The van der Waals surface area contributed by atoms with Crippen molar-refractivity contribution in [3.63, 3.8) is 0 Å². The molecule has 0 aliphatic carbocycles. The third-order valence-electron chi connectivity index (χ3n) is 3.96. The van der Waals surface area contributed by atoms with E-state index < -0.39 is 0 Å². The first kappa shape index (κ1) is 15.0. The summed E-state index contributed by atoms with van der Waals surface area (Å²) in [6, 6.07) is 5.47. The topological polar surface area (TPSA) is 65.4 Å². The quantitative estimate of drug-likeness (QED) is 0.823. The van der Waals surface area contributed by atoms with Crippen molar-refractivity contribution in [2.75, 3.05) is 20.3 Å². The maximum absolute atomic E-state index is 11.7. The lowest BCUT2D eigenvalue weighted by atomic mass is 10.1. The Morgan fingerprint density at radius 2 is 2.36 bits per heavy atom. The van der Waals surface area contributed by atoms with Gasteiger partial charge in [-0.05, 0) is 31.2 Å². The number of imidazole rings is 1. The molecule has 1 aromatic carbocycles. The van der Waals surface area contributed by atoms with E-state index in [0.717, 1.165) is 43.0 Å². The van der Waals surface area contributed by atoms with Crippen LogP contribution in [0.3, 0.4) is 0 Å². The molecular weight excluding hydrogens is 282 g/mol. The number of rotatable bonds is 6. The summed E-state index contributed by atoms with van der Waals surface area (Å²) >= 11 is 0. The molecule has 0 saturated carbocycles. The fourth-order valence-electron chi connectivity index (χ4n) is 2.63. The molecule has 2 aromatic rings. The highest BCUT2D eigenvalue weighted by Crippen LogP contribution is 2.22. The van der Waals surface area contributed by atoms with E-state index in [9.17, 15) is 4.79 Å². The molecule has 1 fully saturated rings. The van der Waals surface area contributed by atoms with Crippen LogP contribution < -0.4 is 5.32 Å². The number of fused-ring (bicyclic) bond motifs is 1. The maximum Gasteiger partial charge on any atom is 0.337 e. The molecule has 2 heterocycles. The van der Waals surface area contributed by atoms with Gasteiger partial charge in [0.05, 0.1) is 42.9 Å². The number of hydrogen-bond donors (Lipinski definition) is 1. The minimum absolute atomic E-state index is 0.236. The van der Waals surface area contributed by atoms with Crippen LogP contribution in [0.15, 0.2) is 18.2 Å². The van der Waals surface area contributed by atoms with Crippen LogP contribution >= 0.6 is 0 Å². The van der Waals surface area contributed by atoms with Crippen molar-refractivity contribution < 1.29 is 14.3 Å². The van der Waals surface area contributed by atoms with E-state index in [1.54, 1.807) is 6.07 Å². The number of nitrogens with zero attached hydrogens (tertiary/aromatic N) is 2. The van der Waals surface area contributed by atoms with Crippen molar-refractivity contribution in [3.8, 4) is 0 Å². The van der Waals surface area contributed by atoms with Crippen LogP contribution in [0.4, 0.5) is 0 Å². The lowest BCUT2D eigenvalue weighted by molar-refractivity contribution is -0.0590. The van der Waals surface area contributed by atoms with Gasteiger partial charge in [0.1, 0.15) is 5.82 Å². The van der Waals surface area contributed by atoms with E-state index >= 15 is 0 Å². The van der Waals surface area contributed by atoms with Gasteiger partial charge in [0, 0.05) is 6.61 Å². The number of nitrogens with one attached hydrogen (secondary N) is 1. The van der Waals surface area contributed by atoms with Crippen molar-refractivity contribution in [3.05, 3.63) is 29.6 Å². The number of esters is 1. The van der Waals surface area contributed by atoms with Gasteiger partial charge < -0.3 is 19.4 Å². The number of aromatic nitrogens is 2. The van der Waals surface area contributed by atoms with Gasteiger partial charge in [0.15, 0.2) is 0 Å². The molecule has 1 aliphatic rings. The highest BCUT2D eigenvalue weighted by molar-refractivity contribution is 5.93. The predicted octanol–water partition coefficient (Wildman–Crippen LogP) is 1.72. The molecule has 0 radical (unpaired) electrons. The molecule has 6 nitrogen and oxygen atoms in total. The molecule has 0 spiro atoms. The summed E-state index contributed by atoms with van der Waals surface area (Å²) in [6.07, 6.45) is 1.30. The summed E-state index contributed by atoms with van der Waals surface area (Å²) in [5.74, 6) is 0.636. The average Bonchev–Trinajstić information content (AvgIpc) is 2.84. The molecule has 1 atom stereocenters. The molecule has 0 bridgehead atoms. The summed E-state index contributed by atoms with van der Waals surface area (Å²) < 4.78 is 12.5. The average molecular weight is 303 g/mol. The Kier molecular flexibility index (Phi) is 4.40. The molecule has 1 aromatic heterocycles. The van der Waals surface area contributed by atoms with E-state index in [1.807, 2.05) is 12.1 Å². The fourth-order valence-corrected chi connectivity index (χ4v) is 2.63. The first-order chi connectivity index (χ1) is 10.7. The number of methoxy groups -OCH3 is 1. The molecule has 1 aliphatic heterocycles. The van der Waals surface area contributed by atoms with E-state index in [1.165, 1.54) is 7.11 Å². The Morgan fingerprint density at radius 1 is 1.55 bits per heavy atom. The number of carbonyl (C=O) groups is 1. The van der Waals surface area contributed by atoms with Gasteiger partial charge in [-0.3, -0.25) is 0 Å². The molecule has 1 N–H and O–H groups in total. The molecule has 118 valence electrons. The summed E-state index contributed by atoms with van der Waals surface area (Å²) in [5.41, 5.74) is 2.38. The third-order valence-corrected chi connectivity index (χ3v) is 3.96. The van der Waals surface area contributed by atoms with Gasteiger partial charge in [0.25, 0.3) is 0 Å². The first-order valence-electron chi connectivity index (χ1n) is 7.62. The fraction of sp³-hybridized carbons (Fsp3) is 0.500. The van der Waals surface area contributed by atoms with Crippen molar-refractivity contribution >= 4 is 17.0 Å². The Labute approximate surface area is 129 Å². The van der Waals surface area contributed by atoms with Gasteiger partial charge in [-0.25, -0.2) is 9.78 Å². The predicted molar refractivity (Wildman–Crippen MR) is 82.8 cm³/mol. The van der Waals surface area contributed by atoms with Crippen LogP contribution in [0, 0.1) is 0 Å². The molecule has 1 saturated heterocycles. The van der Waals surface area contributed by atoms with Gasteiger partial charge in [-0.15, -0.1) is 0 Å². The Bertz CT molecular complexity index is 677. The SMILES string of the molecule is CCNCc1nc2ccc(C(=O)OC)cc2n1C[C@@H]1CCO1. The normalized spacial score (nSPS) is 17.5. The van der Waals surface area contributed by atoms with Crippen molar-refractivity contribution in [2.45, 2.75) is 32.5 Å². The minimum atomic E-state index is -0.331. The number of hydrogen-bond acceptors (Lipinski definition) is 5. The van der Waals surface area contributed by atoms with Crippen LogP contribution in [0.5, 0.6) is 0 Å². The van der Waals surface area contributed by atoms with Crippen LogP contribution in [0.25, 0.3) is 11.0 Å². The second-order valence-electron chi connectivity index (χ2n) is 5.40. The summed E-state index contributed by atoms with van der Waals surface area (Å²) in [7, 11) is 1.39. The largest absolute Gasteiger partial charge is 0.465 e. The smallest absolute Gasteiger partial charge is 0.337 e. The standard InChI is InChI=1S/C16H21N3O3/c1-3-17-9-15-18-13-5-4-11(16(20)21-2)8-14(13)19(15)10-12-6-7-22-12/h4-5,8,12,17H,3,6-7,9-10H2,1-2H3/t12-/m0/s1. The zero-order chi connectivity index (χ0) is 15.5. The number of carbonyl (C=O) groups excluding carboxylic acids is 1. The monoisotopic (exact) mass is 303 g/mol. The zero-order valence-corrected chi connectivity index (χ0v) is 13.0. The van der Waals surface area contributed by atoms with Gasteiger partial charge in [-0.2, -0.15) is 0 Å². The van der Waals surface area contributed by atoms with Crippen LogP contribution in [0.2, 0.25) is 0 Å². The lowest BCUT2D eigenvalue weighted by Gasteiger charge is -2.27. The maximum atomic E-state index is 11.7. The minimum Gasteiger partial charge on any atom is -0.465 e. The Balaban J connectivity index is 2.00. The third kappa shape index (κ3) is 2.84. The second kappa shape index (κ2) is 6.46. The summed E-state index contributed by atoms with van der Waals surface area (Å²) in [6.45, 7) is 5.24. The second-order valence-corrected chi connectivity index (χ2v) is 5.40. The van der Waals surface area contributed by atoms with Crippen molar-refractivity contribution in [1.82, 2.24) is 14.9 Å². The molecule has 0 amide bonds. The molecular formula is C16H21N3O3. The Morgan fingerprint density at radius 3 is 3.00 bits per heavy atom. The number of ether oxygens (including phenoxy) is 2. The van der Waals surface area contributed by atoms with Crippen LogP contribution in [-0.2, 0) is 22.6 Å².